The van der Waals surface area contributed by atoms with E-state index in [0.717, 1.165) is 83.1 Å². The number of likely N-dealkylation sites (tertiary alicyclic amines) is 1. The molecule has 1 spiro atoms. The first-order valence-electron chi connectivity index (χ1n) is 15.3. The van der Waals surface area contributed by atoms with Gasteiger partial charge in [-0.25, -0.2) is 4.98 Å². The van der Waals surface area contributed by atoms with Gasteiger partial charge in [0.25, 0.3) is 0 Å². The van der Waals surface area contributed by atoms with Crippen LogP contribution in [0.3, 0.4) is 0 Å². The summed E-state index contributed by atoms with van der Waals surface area (Å²) >= 11 is 0. The average molecular weight is 563 g/mol. The maximum atomic E-state index is 13.2. The quantitative estimate of drug-likeness (QED) is 0.472. The summed E-state index contributed by atoms with van der Waals surface area (Å²) < 4.78 is 17.8. The Labute approximate surface area is 241 Å². The van der Waals surface area contributed by atoms with Crippen molar-refractivity contribution in [2.75, 3.05) is 33.4 Å². The van der Waals surface area contributed by atoms with Crippen LogP contribution in [0, 0.1) is 5.92 Å². The molecule has 0 radical (unpaired) electrons. The molecule has 2 N–H and O–H groups in total. The highest BCUT2D eigenvalue weighted by atomic mass is 16.5. The van der Waals surface area contributed by atoms with Crippen LogP contribution < -0.4 is 10.5 Å². The molecule has 41 heavy (non-hydrogen) atoms. The van der Waals surface area contributed by atoms with Crippen molar-refractivity contribution in [3.8, 4) is 17.4 Å². The largest absolute Gasteiger partial charge is 0.473 e. The number of ether oxygens (including phenoxy) is 2. The maximum Gasteiger partial charge on any atom is 0.217 e. The summed E-state index contributed by atoms with van der Waals surface area (Å²) in [6.45, 7) is 5.43. The van der Waals surface area contributed by atoms with Crippen molar-refractivity contribution in [2.45, 2.75) is 88.7 Å². The van der Waals surface area contributed by atoms with Crippen LogP contribution in [0.15, 0.2) is 21.7 Å². The van der Waals surface area contributed by atoms with E-state index in [4.69, 9.17) is 29.7 Å². The molecule has 0 aromatic carbocycles. The molecular formula is C31H42N6O4. The predicted molar refractivity (Wildman–Crippen MR) is 156 cm³/mol. The maximum absolute atomic E-state index is 13.2. The number of hydrogen-bond acceptors (Lipinski definition) is 10. The average Bonchev–Trinajstić information content (AvgIpc) is 3.74. The van der Waals surface area contributed by atoms with Crippen LogP contribution in [0.5, 0.6) is 5.88 Å². The molecule has 2 aromatic heterocycles. The van der Waals surface area contributed by atoms with E-state index in [0.29, 0.717) is 59.5 Å². The number of rotatable bonds is 8. The van der Waals surface area contributed by atoms with Gasteiger partial charge in [-0.05, 0) is 78.0 Å². The molecule has 220 valence electrons. The summed E-state index contributed by atoms with van der Waals surface area (Å²) in [6.07, 6.45) is 12.6. The van der Waals surface area contributed by atoms with Crippen molar-refractivity contribution in [3.63, 3.8) is 0 Å². The van der Waals surface area contributed by atoms with Crippen LogP contribution in [-0.4, -0.2) is 77.5 Å². The lowest BCUT2D eigenvalue weighted by atomic mass is 9.64. The predicted octanol–water partition coefficient (Wildman–Crippen LogP) is 4.12. The van der Waals surface area contributed by atoms with Crippen molar-refractivity contribution in [1.29, 1.82) is 0 Å². The van der Waals surface area contributed by atoms with Gasteiger partial charge in [-0.15, -0.1) is 0 Å². The van der Waals surface area contributed by atoms with E-state index in [-0.39, 0.29) is 11.9 Å². The Morgan fingerprint density at radius 1 is 1.24 bits per heavy atom. The van der Waals surface area contributed by atoms with Crippen LogP contribution in [-0.2, 0) is 21.4 Å². The van der Waals surface area contributed by atoms with Gasteiger partial charge in [0.15, 0.2) is 17.3 Å². The van der Waals surface area contributed by atoms with Crippen molar-refractivity contribution in [1.82, 2.24) is 20.0 Å². The number of carbonyl (C=O) groups is 1. The normalized spacial score (nSPS) is 28.0. The molecule has 3 fully saturated rings. The number of nitrogens with zero attached hydrogens (tertiary/aromatic N) is 5. The molecule has 1 saturated carbocycles. The van der Waals surface area contributed by atoms with Gasteiger partial charge in [0.1, 0.15) is 11.9 Å². The zero-order chi connectivity index (χ0) is 28.4. The summed E-state index contributed by atoms with van der Waals surface area (Å²) in [5.41, 5.74) is 8.50. The number of aromatic nitrogens is 3. The Kier molecular flexibility index (Phi) is 8.21. The summed E-state index contributed by atoms with van der Waals surface area (Å²) in [5.74, 6) is 2.31. The summed E-state index contributed by atoms with van der Waals surface area (Å²) in [4.78, 5) is 29.7. The van der Waals surface area contributed by atoms with Gasteiger partial charge in [0, 0.05) is 49.4 Å². The van der Waals surface area contributed by atoms with E-state index >= 15 is 0 Å². The van der Waals surface area contributed by atoms with Crippen LogP contribution in [0.4, 0.5) is 0 Å². The number of ketones is 1. The molecule has 2 saturated heterocycles. The van der Waals surface area contributed by atoms with Crippen molar-refractivity contribution in [2.24, 2.45) is 16.6 Å². The van der Waals surface area contributed by atoms with Crippen LogP contribution >= 0.6 is 0 Å². The van der Waals surface area contributed by atoms with Gasteiger partial charge >= 0.3 is 0 Å². The molecule has 0 unspecified atom stereocenters. The number of fused-ring (bicyclic) bond motifs is 2. The highest BCUT2D eigenvalue weighted by Gasteiger charge is 2.48. The molecule has 4 heterocycles. The molecule has 10 nitrogen and oxygen atoms in total. The molecular weight excluding hydrogens is 520 g/mol. The fraction of sp³-hybridized carbons (Fsp3) is 0.645. The van der Waals surface area contributed by atoms with Gasteiger partial charge < -0.3 is 19.7 Å². The highest BCUT2D eigenvalue weighted by molar-refractivity contribution is 5.91. The number of allylic oxidation sites excluding steroid dienone is 1. The molecule has 4 aliphatic rings. The summed E-state index contributed by atoms with van der Waals surface area (Å²) in [6, 6.07) is 2.10. The Bertz CT molecular complexity index is 1320. The molecule has 2 aliphatic carbocycles. The molecule has 4 atom stereocenters. The van der Waals surface area contributed by atoms with E-state index in [9.17, 15) is 4.79 Å². The van der Waals surface area contributed by atoms with Crippen molar-refractivity contribution >= 4 is 17.7 Å². The Hall–Kier alpha value is -3.11. The Balaban J connectivity index is 1.33. The lowest BCUT2D eigenvalue weighted by Gasteiger charge is -2.36. The van der Waals surface area contributed by atoms with Gasteiger partial charge in [0.2, 0.25) is 5.88 Å². The van der Waals surface area contributed by atoms with Gasteiger partial charge in [-0.3, -0.25) is 14.7 Å². The number of Topliss-reactive ketones (excluding diaryl/α,β-unsaturated/α-hetero) is 1. The zero-order valence-corrected chi connectivity index (χ0v) is 24.3. The first-order valence-corrected chi connectivity index (χ1v) is 15.3. The van der Waals surface area contributed by atoms with Gasteiger partial charge in [0.05, 0.1) is 23.4 Å². The number of hydrogen-bond donors (Lipinski definition) is 1. The summed E-state index contributed by atoms with van der Waals surface area (Å²) in [7, 11) is 2.14. The Morgan fingerprint density at radius 2 is 2.12 bits per heavy atom. The van der Waals surface area contributed by atoms with Crippen molar-refractivity contribution in [3.05, 3.63) is 29.2 Å². The first-order chi connectivity index (χ1) is 19.9. The van der Waals surface area contributed by atoms with Crippen molar-refractivity contribution < 1.29 is 18.8 Å². The highest BCUT2D eigenvalue weighted by Crippen LogP contribution is 2.47. The van der Waals surface area contributed by atoms with Crippen LogP contribution in [0.1, 0.15) is 81.7 Å². The molecule has 2 aliphatic heterocycles. The molecule has 10 heteroatoms. The number of aliphatic imine (C=N–C) groups is 1. The fourth-order valence-corrected chi connectivity index (χ4v) is 7.06. The second-order valence-corrected chi connectivity index (χ2v) is 12.2. The second-order valence-electron chi connectivity index (χ2n) is 12.2. The number of carbonyl (C=O) groups excluding carboxylic acids is 1. The standard InChI is InChI=1S/C31H42N6O4/c1-20(25-8-6-15-37(25)2)40-27-17-24(23(32)10-14-33-18-21-11-16-39-19-21)34-30(35-27)28-22-7-5-13-31(29(22)41-36-28)12-4-3-9-26(31)38/h10,14,17,20-21,25H,3-9,11-13,15-16,18-19,32H2,1-2H3/t20-,21+,25-,31+/m0/s1. The third-order valence-corrected chi connectivity index (χ3v) is 9.43. The smallest absolute Gasteiger partial charge is 0.217 e. The van der Waals surface area contributed by atoms with Crippen LogP contribution in [0.25, 0.3) is 17.2 Å². The molecule has 2 aromatic rings. The summed E-state index contributed by atoms with van der Waals surface area (Å²) in [5, 5.41) is 4.47. The minimum Gasteiger partial charge on any atom is -0.473 e. The SMILES string of the molecule is C[C@H](Oc1cc(C(N)=CC=NC[C@H]2CCOC2)nc(-c2noc3c2CCC[C@@]32CCCCC2=O)n1)[C@@H]1CCCN1C. The lowest BCUT2D eigenvalue weighted by Crippen LogP contribution is -2.41. The fourth-order valence-electron chi connectivity index (χ4n) is 7.06. The lowest BCUT2D eigenvalue weighted by molar-refractivity contribution is -0.128. The zero-order valence-electron chi connectivity index (χ0n) is 24.3. The number of nitrogens with two attached hydrogens (primary N) is 1. The molecule has 0 amide bonds. The van der Waals surface area contributed by atoms with Gasteiger partial charge in [-0.1, -0.05) is 11.6 Å². The van der Waals surface area contributed by atoms with E-state index < -0.39 is 5.41 Å². The van der Waals surface area contributed by atoms with Crippen LogP contribution in [0.2, 0.25) is 0 Å². The first kappa shape index (κ1) is 28.0. The van der Waals surface area contributed by atoms with E-state index in [2.05, 4.69) is 29.0 Å². The monoisotopic (exact) mass is 562 g/mol. The third-order valence-electron chi connectivity index (χ3n) is 9.43. The topological polar surface area (TPSA) is 129 Å². The number of likely N-dealkylation sites (N-methyl/N-ethyl adjacent to an activating group) is 1. The minimum absolute atomic E-state index is 0.0622. The second kappa shape index (κ2) is 12.0. The third kappa shape index (κ3) is 5.68. The van der Waals surface area contributed by atoms with Gasteiger partial charge in [-0.2, -0.15) is 4.98 Å². The Morgan fingerprint density at radius 3 is 2.90 bits per heavy atom. The minimum atomic E-state index is -0.560. The molecule has 6 rings (SSSR count). The van der Waals surface area contributed by atoms with E-state index in [1.165, 1.54) is 0 Å². The van der Waals surface area contributed by atoms with E-state index in [1.807, 2.05) is 0 Å². The molecule has 0 bridgehead atoms. The van der Waals surface area contributed by atoms with E-state index in [1.54, 1.807) is 18.4 Å².